The van der Waals surface area contributed by atoms with Gasteiger partial charge in [-0.3, -0.25) is 14.3 Å². The number of likely N-dealkylation sites (tertiary alicyclic amines) is 1. The predicted octanol–water partition coefficient (Wildman–Crippen LogP) is 1.62. The number of nitrogens with zero attached hydrogens (tertiary/aromatic N) is 7. The molecule has 11 nitrogen and oxygen atoms in total. The Morgan fingerprint density at radius 1 is 1.19 bits per heavy atom. The average molecular weight is 507 g/mol. The van der Waals surface area contributed by atoms with Crippen molar-refractivity contribution in [2.24, 2.45) is 7.05 Å². The van der Waals surface area contributed by atoms with Crippen molar-refractivity contribution in [2.75, 3.05) is 20.2 Å². The number of carbonyl (C=O) groups is 1. The molecule has 0 bridgehead atoms. The van der Waals surface area contributed by atoms with E-state index in [9.17, 15) is 18.0 Å². The van der Waals surface area contributed by atoms with Crippen molar-refractivity contribution in [2.45, 2.75) is 37.5 Å². The highest BCUT2D eigenvalue weighted by Crippen LogP contribution is 2.41. The molecular formula is C22H24F3N7O4. The minimum absolute atomic E-state index is 0.103. The van der Waals surface area contributed by atoms with Crippen LogP contribution in [0.2, 0.25) is 0 Å². The SMILES string of the molecule is COc1ncccc1CN1CCC2(CCn3c2nnc(-c2nccn2C)c3=O)C1.O=C(O)C(F)(F)F. The van der Waals surface area contributed by atoms with E-state index in [0.717, 1.165) is 43.9 Å². The predicted molar refractivity (Wildman–Crippen MR) is 119 cm³/mol. The standard InChI is InChI=1S/C20H23N7O2.C2HF3O2/c1-25-11-8-21-16(25)15-18(28)27-10-6-20(19(27)24-23-15)5-9-26(13-20)12-14-4-3-7-22-17(14)29-2;3-2(4,5)1(6)7/h3-4,7-8,11H,5-6,9-10,12-13H2,1-2H3;(H,6,7). The van der Waals surface area contributed by atoms with Crippen LogP contribution in [0.5, 0.6) is 5.88 Å². The number of hydrogen-bond donors (Lipinski definition) is 1. The minimum atomic E-state index is -5.08. The van der Waals surface area contributed by atoms with Gasteiger partial charge in [0.1, 0.15) is 5.82 Å². The van der Waals surface area contributed by atoms with Crippen molar-refractivity contribution in [3.05, 3.63) is 52.5 Å². The van der Waals surface area contributed by atoms with Gasteiger partial charge in [-0.25, -0.2) is 14.8 Å². The summed E-state index contributed by atoms with van der Waals surface area (Å²) in [5, 5.41) is 15.9. The van der Waals surface area contributed by atoms with Crippen molar-refractivity contribution < 1.29 is 27.8 Å². The molecule has 5 rings (SSSR count). The van der Waals surface area contributed by atoms with Gasteiger partial charge in [-0.05, 0) is 25.5 Å². The minimum Gasteiger partial charge on any atom is -0.481 e. The Hall–Kier alpha value is -3.81. The summed E-state index contributed by atoms with van der Waals surface area (Å²) in [4.78, 5) is 32.9. The number of aryl methyl sites for hydroxylation is 1. The van der Waals surface area contributed by atoms with Crippen LogP contribution in [0.1, 0.15) is 24.2 Å². The molecule has 0 aromatic carbocycles. The summed E-state index contributed by atoms with van der Waals surface area (Å²) in [6.07, 6.45) is 1.99. The molecule has 1 spiro atoms. The highest BCUT2D eigenvalue weighted by atomic mass is 19.4. The number of rotatable bonds is 4. The Morgan fingerprint density at radius 2 is 1.92 bits per heavy atom. The number of aromatic nitrogens is 6. The smallest absolute Gasteiger partial charge is 0.481 e. The van der Waals surface area contributed by atoms with Crippen LogP contribution < -0.4 is 10.3 Å². The number of halogens is 3. The van der Waals surface area contributed by atoms with Gasteiger partial charge >= 0.3 is 12.1 Å². The van der Waals surface area contributed by atoms with Gasteiger partial charge in [-0.15, -0.1) is 10.2 Å². The molecule has 3 aromatic rings. The van der Waals surface area contributed by atoms with Crippen LogP contribution >= 0.6 is 0 Å². The fourth-order valence-corrected chi connectivity index (χ4v) is 4.64. The van der Waals surface area contributed by atoms with Gasteiger partial charge in [0, 0.05) is 56.3 Å². The summed E-state index contributed by atoms with van der Waals surface area (Å²) < 4.78 is 40.7. The Balaban J connectivity index is 0.000000384. The largest absolute Gasteiger partial charge is 0.490 e. The third kappa shape index (κ3) is 4.80. The number of ether oxygens (including phenoxy) is 1. The zero-order valence-corrected chi connectivity index (χ0v) is 19.6. The molecule has 1 fully saturated rings. The summed E-state index contributed by atoms with van der Waals surface area (Å²) in [6, 6.07) is 3.97. The third-order valence-corrected chi connectivity index (χ3v) is 6.38. The molecule has 36 heavy (non-hydrogen) atoms. The second-order valence-electron chi connectivity index (χ2n) is 8.66. The zero-order valence-electron chi connectivity index (χ0n) is 19.6. The lowest BCUT2D eigenvalue weighted by atomic mass is 9.85. The molecule has 5 heterocycles. The highest BCUT2D eigenvalue weighted by Gasteiger charge is 2.47. The van der Waals surface area contributed by atoms with E-state index in [1.807, 2.05) is 19.2 Å². The van der Waals surface area contributed by atoms with Crippen LogP contribution in [-0.2, 0) is 30.3 Å². The fourth-order valence-electron chi connectivity index (χ4n) is 4.64. The van der Waals surface area contributed by atoms with Gasteiger partial charge in [0.15, 0.2) is 11.5 Å². The van der Waals surface area contributed by atoms with E-state index in [-0.39, 0.29) is 11.0 Å². The molecule has 2 aliphatic heterocycles. The first-order valence-corrected chi connectivity index (χ1v) is 11.0. The molecule has 2 aliphatic rings. The zero-order chi connectivity index (χ0) is 26.1. The van der Waals surface area contributed by atoms with Crippen LogP contribution in [0.4, 0.5) is 13.2 Å². The van der Waals surface area contributed by atoms with Crippen molar-refractivity contribution in [1.29, 1.82) is 0 Å². The van der Waals surface area contributed by atoms with Crippen molar-refractivity contribution in [1.82, 2.24) is 34.2 Å². The highest BCUT2D eigenvalue weighted by molar-refractivity contribution is 5.73. The normalized spacial score (nSPS) is 19.1. The number of methoxy groups -OCH3 is 1. The van der Waals surface area contributed by atoms with Gasteiger partial charge in [-0.1, -0.05) is 6.07 Å². The lowest BCUT2D eigenvalue weighted by Gasteiger charge is -2.23. The van der Waals surface area contributed by atoms with E-state index >= 15 is 0 Å². The maximum Gasteiger partial charge on any atom is 0.490 e. The second-order valence-corrected chi connectivity index (χ2v) is 8.66. The van der Waals surface area contributed by atoms with E-state index in [1.54, 1.807) is 34.8 Å². The number of imidazole rings is 1. The molecule has 1 atom stereocenters. The first-order chi connectivity index (χ1) is 17.1. The van der Waals surface area contributed by atoms with E-state index in [1.165, 1.54) is 0 Å². The third-order valence-electron chi connectivity index (χ3n) is 6.38. The van der Waals surface area contributed by atoms with Crippen LogP contribution in [0.25, 0.3) is 11.5 Å². The monoisotopic (exact) mass is 507 g/mol. The number of fused-ring (bicyclic) bond motifs is 2. The second kappa shape index (κ2) is 9.68. The van der Waals surface area contributed by atoms with E-state index in [2.05, 4.69) is 25.1 Å². The first kappa shape index (κ1) is 25.3. The van der Waals surface area contributed by atoms with E-state index in [0.29, 0.717) is 23.9 Å². The average Bonchev–Trinajstić information content (AvgIpc) is 3.54. The summed E-state index contributed by atoms with van der Waals surface area (Å²) >= 11 is 0. The topological polar surface area (TPSA) is 128 Å². The fraction of sp³-hybridized carbons (Fsp3) is 0.455. The van der Waals surface area contributed by atoms with Crippen molar-refractivity contribution in [3.63, 3.8) is 0 Å². The number of alkyl halides is 3. The molecule has 14 heteroatoms. The van der Waals surface area contributed by atoms with Crippen LogP contribution in [-0.4, -0.2) is 71.7 Å². The molecule has 1 unspecified atom stereocenters. The summed E-state index contributed by atoms with van der Waals surface area (Å²) in [5.41, 5.74) is 1.15. The Bertz CT molecular complexity index is 1320. The Kier molecular flexibility index (Phi) is 6.80. The summed E-state index contributed by atoms with van der Waals surface area (Å²) in [5.74, 6) is -0.736. The maximum absolute atomic E-state index is 13.1. The molecule has 0 aliphatic carbocycles. The van der Waals surface area contributed by atoms with E-state index < -0.39 is 12.1 Å². The van der Waals surface area contributed by atoms with Crippen LogP contribution in [0.15, 0.2) is 35.5 Å². The van der Waals surface area contributed by atoms with Gasteiger partial charge in [0.2, 0.25) is 5.88 Å². The molecule has 0 radical (unpaired) electrons. The van der Waals surface area contributed by atoms with Crippen LogP contribution in [0.3, 0.4) is 0 Å². The molecule has 3 aromatic heterocycles. The molecule has 1 N–H and O–H groups in total. The molecule has 1 saturated heterocycles. The molecular weight excluding hydrogens is 483 g/mol. The lowest BCUT2D eigenvalue weighted by molar-refractivity contribution is -0.192. The quantitative estimate of drug-likeness (QED) is 0.560. The number of pyridine rings is 1. The van der Waals surface area contributed by atoms with Gasteiger partial charge < -0.3 is 14.4 Å². The Morgan fingerprint density at radius 3 is 2.56 bits per heavy atom. The van der Waals surface area contributed by atoms with Gasteiger partial charge in [0.05, 0.1) is 7.11 Å². The molecule has 0 amide bonds. The number of aliphatic carboxylic acids is 1. The summed E-state index contributed by atoms with van der Waals surface area (Å²) in [6.45, 7) is 3.23. The number of hydrogen-bond acceptors (Lipinski definition) is 8. The lowest BCUT2D eigenvalue weighted by Crippen LogP contribution is -2.33. The van der Waals surface area contributed by atoms with Crippen molar-refractivity contribution in [3.8, 4) is 17.4 Å². The van der Waals surface area contributed by atoms with E-state index in [4.69, 9.17) is 14.6 Å². The van der Waals surface area contributed by atoms with Gasteiger partial charge in [-0.2, -0.15) is 13.2 Å². The summed E-state index contributed by atoms with van der Waals surface area (Å²) in [7, 11) is 3.50. The number of carboxylic acids is 1. The molecule has 192 valence electrons. The van der Waals surface area contributed by atoms with Crippen molar-refractivity contribution >= 4 is 5.97 Å². The van der Waals surface area contributed by atoms with Gasteiger partial charge in [0.25, 0.3) is 5.56 Å². The molecule has 0 saturated carbocycles. The van der Waals surface area contributed by atoms with Crippen LogP contribution in [0, 0.1) is 0 Å². The maximum atomic E-state index is 13.1. The number of carboxylic acid groups (broad SMARTS) is 1. The first-order valence-electron chi connectivity index (χ1n) is 11.0. The Labute approximate surface area is 203 Å².